The molecule has 0 bridgehead atoms. The molecular formula is C19H44NO. The van der Waals surface area contributed by atoms with Gasteiger partial charge in [0.2, 0.25) is 0 Å². The van der Waals surface area contributed by atoms with Crippen LogP contribution in [0.1, 0.15) is 96.8 Å². The van der Waals surface area contributed by atoms with Gasteiger partial charge in [-0.3, -0.25) is 0 Å². The second-order valence-corrected chi connectivity index (χ2v) is 6.44. The average molecular weight is 303 g/mol. The van der Waals surface area contributed by atoms with Crippen molar-refractivity contribution in [3.63, 3.8) is 0 Å². The van der Waals surface area contributed by atoms with Crippen LogP contribution in [0, 0.1) is 6.92 Å². The van der Waals surface area contributed by atoms with Gasteiger partial charge in [0.05, 0.1) is 0 Å². The van der Waals surface area contributed by atoms with Crippen LogP contribution in [0.3, 0.4) is 0 Å². The molecule has 0 aromatic carbocycles. The minimum Gasteiger partial charge on any atom is -0.412 e. The van der Waals surface area contributed by atoms with Gasteiger partial charge >= 0.3 is 0 Å². The van der Waals surface area contributed by atoms with Crippen molar-refractivity contribution in [2.24, 2.45) is 0 Å². The van der Waals surface area contributed by atoms with Crippen molar-refractivity contribution < 1.29 is 5.48 Å². The molecule has 0 amide bonds. The molecule has 131 valence electrons. The van der Waals surface area contributed by atoms with Crippen molar-refractivity contribution in [1.29, 1.82) is 0 Å². The first-order chi connectivity index (χ1) is 9.65. The Kier molecular flexibility index (Phi) is 30.7. The van der Waals surface area contributed by atoms with Gasteiger partial charge in [-0.05, 0) is 21.1 Å². The third kappa shape index (κ3) is 38.3. The summed E-state index contributed by atoms with van der Waals surface area (Å²) in [7, 11) is 6.00. The van der Waals surface area contributed by atoms with Crippen LogP contribution >= 0.6 is 0 Å². The SMILES string of the molecule is CN(C)C.O.[CH2]CCCCCCCCCCCCCCC. The molecule has 0 aromatic heterocycles. The van der Waals surface area contributed by atoms with Crippen molar-refractivity contribution in [3.05, 3.63) is 6.92 Å². The molecule has 0 unspecified atom stereocenters. The zero-order valence-corrected chi connectivity index (χ0v) is 15.6. The van der Waals surface area contributed by atoms with Crippen molar-refractivity contribution in [2.45, 2.75) is 96.8 Å². The molecule has 21 heavy (non-hydrogen) atoms. The molecule has 0 atom stereocenters. The maximum atomic E-state index is 3.87. The van der Waals surface area contributed by atoms with Gasteiger partial charge in [-0.25, -0.2) is 0 Å². The van der Waals surface area contributed by atoms with E-state index in [1.54, 1.807) is 0 Å². The Bertz CT molecular complexity index is 132. The third-order valence-electron chi connectivity index (χ3n) is 3.35. The Labute approximate surface area is 136 Å². The number of hydrogen-bond donors (Lipinski definition) is 0. The number of hydrogen-bond acceptors (Lipinski definition) is 1. The summed E-state index contributed by atoms with van der Waals surface area (Å²) in [4.78, 5) is 2.00. The maximum absolute atomic E-state index is 3.87. The summed E-state index contributed by atoms with van der Waals surface area (Å²) < 4.78 is 0. The molecule has 0 saturated heterocycles. The minimum absolute atomic E-state index is 0. The quantitative estimate of drug-likeness (QED) is 0.404. The Balaban J connectivity index is -0.000000572. The topological polar surface area (TPSA) is 34.7 Å². The molecule has 1 radical (unpaired) electrons. The number of nitrogens with zero attached hydrogens (tertiary/aromatic N) is 1. The van der Waals surface area contributed by atoms with E-state index in [2.05, 4.69) is 13.8 Å². The zero-order chi connectivity index (χ0) is 15.5. The van der Waals surface area contributed by atoms with Gasteiger partial charge in [0.15, 0.2) is 0 Å². The molecule has 0 rings (SSSR count). The van der Waals surface area contributed by atoms with Gasteiger partial charge in [-0.15, -0.1) is 0 Å². The highest BCUT2D eigenvalue weighted by atomic mass is 16.0. The summed E-state index contributed by atoms with van der Waals surface area (Å²) in [6.07, 6.45) is 19.8. The first-order valence-corrected chi connectivity index (χ1v) is 9.05. The lowest BCUT2D eigenvalue weighted by Crippen LogP contribution is -1.99. The zero-order valence-electron chi connectivity index (χ0n) is 15.6. The largest absolute Gasteiger partial charge is 0.412 e. The summed E-state index contributed by atoms with van der Waals surface area (Å²) >= 11 is 0. The van der Waals surface area contributed by atoms with Gasteiger partial charge < -0.3 is 10.4 Å². The maximum Gasteiger partial charge on any atom is -0.0140 e. The first kappa shape index (κ1) is 25.9. The Morgan fingerprint density at radius 2 is 0.810 bits per heavy atom. The van der Waals surface area contributed by atoms with E-state index in [-0.39, 0.29) is 5.48 Å². The molecule has 0 spiro atoms. The van der Waals surface area contributed by atoms with E-state index in [4.69, 9.17) is 0 Å². The summed E-state index contributed by atoms with van der Waals surface area (Å²) in [5, 5.41) is 0. The smallest absolute Gasteiger partial charge is 0.0140 e. The third-order valence-corrected chi connectivity index (χ3v) is 3.35. The van der Waals surface area contributed by atoms with Gasteiger partial charge in [0.1, 0.15) is 0 Å². The summed E-state index contributed by atoms with van der Waals surface area (Å²) in [6, 6.07) is 0. The molecule has 2 nitrogen and oxygen atoms in total. The highest BCUT2D eigenvalue weighted by Gasteiger charge is 1.92. The van der Waals surface area contributed by atoms with Crippen LogP contribution < -0.4 is 0 Å². The summed E-state index contributed by atoms with van der Waals surface area (Å²) in [5.41, 5.74) is 0. The van der Waals surface area contributed by atoms with E-state index in [1.807, 2.05) is 26.0 Å². The monoisotopic (exact) mass is 302 g/mol. The van der Waals surface area contributed by atoms with Crippen LogP contribution in [0.4, 0.5) is 0 Å². The average Bonchev–Trinajstić information content (AvgIpc) is 2.39. The van der Waals surface area contributed by atoms with Crippen LogP contribution in [0.5, 0.6) is 0 Å². The second-order valence-electron chi connectivity index (χ2n) is 6.44. The fourth-order valence-electron chi connectivity index (χ4n) is 2.19. The van der Waals surface area contributed by atoms with Crippen LogP contribution in [0.25, 0.3) is 0 Å². The molecule has 0 aromatic rings. The molecule has 0 aliphatic heterocycles. The Hall–Kier alpha value is -0.0800. The van der Waals surface area contributed by atoms with E-state index in [0.29, 0.717) is 0 Å². The van der Waals surface area contributed by atoms with Crippen LogP contribution in [0.2, 0.25) is 0 Å². The highest BCUT2D eigenvalue weighted by molar-refractivity contribution is 4.49. The number of unbranched alkanes of at least 4 members (excludes halogenated alkanes) is 13. The van der Waals surface area contributed by atoms with Crippen LogP contribution in [0.15, 0.2) is 0 Å². The van der Waals surface area contributed by atoms with Gasteiger partial charge in [0.25, 0.3) is 0 Å². The fourth-order valence-corrected chi connectivity index (χ4v) is 2.19. The normalized spacial score (nSPS) is 10.0. The van der Waals surface area contributed by atoms with E-state index in [0.717, 1.165) is 6.42 Å². The van der Waals surface area contributed by atoms with E-state index < -0.39 is 0 Å². The Morgan fingerprint density at radius 1 is 0.571 bits per heavy atom. The predicted octanol–water partition coefficient (Wildman–Crippen LogP) is 5.65. The van der Waals surface area contributed by atoms with Gasteiger partial charge in [-0.1, -0.05) is 104 Å². The molecule has 0 aliphatic rings. The minimum atomic E-state index is 0. The van der Waals surface area contributed by atoms with Crippen LogP contribution in [-0.2, 0) is 0 Å². The summed E-state index contributed by atoms with van der Waals surface area (Å²) in [6.45, 7) is 6.16. The number of rotatable bonds is 13. The van der Waals surface area contributed by atoms with Crippen molar-refractivity contribution in [3.8, 4) is 0 Å². The Morgan fingerprint density at radius 3 is 1.05 bits per heavy atom. The van der Waals surface area contributed by atoms with Crippen molar-refractivity contribution >= 4 is 0 Å². The molecule has 0 fully saturated rings. The molecule has 0 aliphatic carbocycles. The lowest BCUT2D eigenvalue weighted by molar-refractivity contribution is 0.505. The molecule has 2 N–H and O–H groups in total. The standard InChI is InChI=1S/C16H33.C3H9N.H2O/c1-3-5-7-9-11-13-15-16-14-12-10-8-6-4-2;1-4(2)3;/h1,3-16H2,2H3;1-3H3;1H2. The second kappa shape index (κ2) is 24.9. The van der Waals surface area contributed by atoms with E-state index in [1.165, 1.54) is 83.5 Å². The van der Waals surface area contributed by atoms with Gasteiger partial charge in [0, 0.05) is 0 Å². The van der Waals surface area contributed by atoms with E-state index in [9.17, 15) is 0 Å². The summed E-state index contributed by atoms with van der Waals surface area (Å²) in [5.74, 6) is 0. The molecule has 0 saturated carbocycles. The van der Waals surface area contributed by atoms with E-state index >= 15 is 0 Å². The first-order valence-electron chi connectivity index (χ1n) is 9.05. The molecule has 0 heterocycles. The van der Waals surface area contributed by atoms with Gasteiger partial charge in [-0.2, -0.15) is 0 Å². The molecule has 2 heteroatoms. The lowest BCUT2D eigenvalue weighted by atomic mass is 10.0. The molecular weight excluding hydrogens is 258 g/mol. The highest BCUT2D eigenvalue weighted by Crippen LogP contribution is 2.12. The fraction of sp³-hybridized carbons (Fsp3) is 0.947. The van der Waals surface area contributed by atoms with Crippen LogP contribution in [-0.4, -0.2) is 31.5 Å². The van der Waals surface area contributed by atoms with Crippen molar-refractivity contribution in [2.75, 3.05) is 21.1 Å². The predicted molar refractivity (Wildman–Crippen MR) is 98.9 cm³/mol. The lowest BCUT2D eigenvalue weighted by Gasteiger charge is -2.02. The van der Waals surface area contributed by atoms with Crippen molar-refractivity contribution in [1.82, 2.24) is 4.90 Å².